The largest absolute Gasteiger partial charge is 0.487 e. The van der Waals surface area contributed by atoms with Crippen LogP contribution in [0.2, 0.25) is 0 Å². The number of nitrogens with zero attached hydrogens (tertiary/aromatic N) is 1. The van der Waals surface area contributed by atoms with Crippen molar-refractivity contribution in [2.45, 2.75) is 6.61 Å². The Morgan fingerprint density at radius 3 is 2.36 bits per heavy atom. The summed E-state index contributed by atoms with van der Waals surface area (Å²) in [6.07, 6.45) is 1.72. The minimum absolute atomic E-state index is 0.375. The van der Waals surface area contributed by atoms with Crippen LogP contribution in [0.3, 0.4) is 0 Å². The Balaban J connectivity index is 1.84. The van der Waals surface area contributed by atoms with E-state index in [1.165, 1.54) is 15.7 Å². The standard InChI is InChI=1S/C22H13Br2FINO/c23-20-9-15(8-17(12-27)16-2-1-3-18(25)11-16)10-21(24)22(20)28-13-14-4-6-19(26)7-5-14/h1-11H,13H2/b17-8-. The summed E-state index contributed by atoms with van der Waals surface area (Å²) in [6.45, 7) is 0.441. The highest BCUT2D eigenvalue weighted by atomic mass is 127. The van der Waals surface area contributed by atoms with Crippen molar-refractivity contribution in [2.24, 2.45) is 0 Å². The van der Waals surface area contributed by atoms with Crippen LogP contribution in [0.4, 0.5) is 4.39 Å². The van der Waals surface area contributed by atoms with Crippen LogP contribution in [0.25, 0.3) is 11.6 Å². The Labute approximate surface area is 193 Å². The van der Waals surface area contributed by atoms with Gasteiger partial charge in [0.25, 0.3) is 0 Å². The van der Waals surface area contributed by atoms with Crippen LogP contribution in [0.15, 0.2) is 69.6 Å². The average molecular weight is 613 g/mol. The Morgan fingerprint density at radius 2 is 1.75 bits per heavy atom. The van der Waals surface area contributed by atoms with Gasteiger partial charge in [0.05, 0.1) is 20.6 Å². The second-order valence-electron chi connectivity index (χ2n) is 5.91. The Kier molecular flexibility index (Phi) is 7.27. The van der Waals surface area contributed by atoms with E-state index in [0.717, 1.165) is 20.1 Å². The molecular weight excluding hydrogens is 600 g/mol. The monoisotopic (exact) mass is 611 g/mol. The average Bonchev–Trinajstić information content (AvgIpc) is 2.67. The zero-order chi connectivity index (χ0) is 20.1. The topological polar surface area (TPSA) is 33.0 Å². The van der Waals surface area contributed by atoms with Gasteiger partial charge in [-0.15, -0.1) is 0 Å². The molecule has 0 spiro atoms. The van der Waals surface area contributed by atoms with Crippen molar-refractivity contribution in [3.63, 3.8) is 0 Å². The summed E-state index contributed by atoms with van der Waals surface area (Å²) in [6, 6.07) is 20.0. The highest BCUT2D eigenvalue weighted by Crippen LogP contribution is 2.36. The maximum Gasteiger partial charge on any atom is 0.148 e. The van der Waals surface area contributed by atoms with Crippen molar-refractivity contribution in [3.8, 4) is 11.8 Å². The van der Waals surface area contributed by atoms with Gasteiger partial charge in [0, 0.05) is 3.57 Å². The molecule has 3 aromatic rings. The van der Waals surface area contributed by atoms with Crippen molar-refractivity contribution < 1.29 is 9.13 Å². The molecule has 2 nitrogen and oxygen atoms in total. The Bertz CT molecular complexity index is 1050. The number of rotatable bonds is 5. The van der Waals surface area contributed by atoms with Crippen LogP contribution in [0.1, 0.15) is 16.7 Å². The van der Waals surface area contributed by atoms with Gasteiger partial charge in [-0.1, -0.05) is 24.3 Å². The number of allylic oxidation sites excluding steroid dienone is 1. The van der Waals surface area contributed by atoms with Crippen molar-refractivity contribution in [2.75, 3.05) is 0 Å². The van der Waals surface area contributed by atoms with Gasteiger partial charge in [-0.2, -0.15) is 5.26 Å². The number of halogens is 4. The quantitative estimate of drug-likeness (QED) is 0.169. The number of nitriles is 1. The van der Waals surface area contributed by atoms with Gasteiger partial charge in [-0.05, 0) is 114 Å². The molecule has 0 aromatic heterocycles. The summed E-state index contributed by atoms with van der Waals surface area (Å²) in [5.41, 5.74) is 2.78. The molecule has 0 saturated carbocycles. The molecule has 0 aliphatic carbocycles. The van der Waals surface area contributed by atoms with Gasteiger partial charge in [0.2, 0.25) is 0 Å². The predicted octanol–water partition coefficient (Wildman–Crippen LogP) is 7.60. The summed E-state index contributed by atoms with van der Waals surface area (Å²) < 4.78 is 22.1. The molecule has 0 saturated heterocycles. The molecule has 0 unspecified atom stereocenters. The summed E-state index contributed by atoms with van der Waals surface area (Å²) in [7, 11) is 0. The maximum atomic E-state index is 13.5. The SMILES string of the molecule is N#C/C(=C/c1cc(Br)c(OCc2ccc(I)cc2)c(Br)c1)c1cccc(F)c1. The number of hydrogen-bond acceptors (Lipinski definition) is 2. The first kappa shape index (κ1) is 21.0. The third kappa shape index (κ3) is 5.43. The summed E-state index contributed by atoms with van der Waals surface area (Å²) in [5.74, 6) is 0.306. The molecular formula is C22H13Br2FINO. The van der Waals surface area contributed by atoms with E-state index in [-0.39, 0.29) is 5.82 Å². The van der Waals surface area contributed by atoms with Crippen LogP contribution >= 0.6 is 54.5 Å². The van der Waals surface area contributed by atoms with Gasteiger partial charge in [0.1, 0.15) is 18.2 Å². The van der Waals surface area contributed by atoms with E-state index in [2.05, 4.69) is 60.5 Å². The van der Waals surface area contributed by atoms with Crippen LogP contribution < -0.4 is 4.74 Å². The first-order chi connectivity index (χ1) is 13.5. The molecule has 0 atom stereocenters. The van der Waals surface area contributed by atoms with Gasteiger partial charge in [-0.3, -0.25) is 0 Å². The maximum absolute atomic E-state index is 13.5. The molecule has 0 aliphatic heterocycles. The second-order valence-corrected chi connectivity index (χ2v) is 8.86. The number of hydrogen-bond donors (Lipinski definition) is 0. The lowest BCUT2D eigenvalue weighted by atomic mass is 10.0. The third-order valence-corrected chi connectivity index (χ3v) is 5.78. The third-order valence-electron chi connectivity index (χ3n) is 3.88. The van der Waals surface area contributed by atoms with Crippen LogP contribution in [-0.2, 0) is 6.61 Å². The van der Waals surface area contributed by atoms with Crippen molar-refractivity contribution >= 4 is 66.1 Å². The predicted molar refractivity (Wildman–Crippen MR) is 125 cm³/mol. The Hall–Kier alpha value is -1.69. The molecule has 0 radical (unpaired) electrons. The molecule has 3 rings (SSSR count). The molecule has 0 heterocycles. The molecule has 0 amide bonds. The molecule has 0 fully saturated rings. The minimum atomic E-state index is -0.375. The first-order valence-corrected chi connectivity index (χ1v) is 10.9. The molecule has 140 valence electrons. The van der Waals surface area contributed by atoms with Crippen molar-refractivity contribution in [3.05, 3.63) is 95.7 Å². The zero-order valence-electron chi connectivity index (χ0n) is 14.4. The van der Waals surface area contributed by atoms with E-state index in [9.17, 15) is 9.65 Å². The lowest BCUT2D eigenvalue weighted by Crippen LogP contribution is -1.97. The summed E-state index contributed by atoms with van der Waals surface area (Å²) in [5, 5.41) is 9.47. The highest BCUT2D eigenvalue weighted by molar-refractivity contribution is 14.1. The van der Waals surface area contributed by atoms with Crippen molar-refractivity contribution in [1.82, 2.24) is 0 Å². The smallest absolute Gasteiger partial charge is 0.148 e. The van der Waals surface area contributed by atoms with Crippen LogP contribution in [-0.4, -0.2) is 0 Å². The number of benzene rings is 3. The van der Waals surface area contributed by atoms with E-state index in [4.69, 9.17) is 4.74 Å². The van der Waals surface area contributed by atoms with Crippen molar-refractivity contribution in [1.29, 1.82) is 5.26 Å². The fraction of sp³-hybridized carbons (Fsp3) is 0.0455. The van der Waals surface area contributed by atoms with E-state index < -0.39 is 0 Å². The lowest BCUT2D eigenvalue weighted by molar-refractivity contribution is 0.302. The summed E-state index contributed by atoms with van der Waals surface area (Å²) in [4.78, 5) is 0. The second kappa shape index (κ2) is 9.68. The molecule has 6 heteroatoms. The molecule has 0 N–H and O–H groups in total. The van der Waals surface area contributed by atoms with E-state index in [0.29, 0.717) is 23.5 Å². The van der Waals surface area contributed by atoms with Gasteiger partial charge >= 0.3 is 0 Å². The highest BCUT2D eigenvalue weighted by Gasteiger charge is 2.10. The normalized spacial score (nSPS) is 11.2. The van der Waals surface area contributed by atoms with Gasteiger partial charge in [-0.25, -0.2) is 4.39 Å². The number of ether oxygens (including phenoxy) is 1. The van der Waals surface area contributed by atoms with E-state index >= 15 is 0 Å². The Morgan fingerprint density at radius 1 is 1.07 bits per heavy atom. The molecule has 0 aliphatic rings. The van der Waals surface area contributed by atoms with Gasteiger partial charge in [0.15, 0.2) is 0 Å². The van der Waals surface area contributed by atoms with Gasteiger partial charge < -0.3 is 4.74 Å². The van der Waals surface area contributed by atoms with E-state index in [1.54, 1.807) is 18.2 Å². The lowest BCUT2D eigenvalue weighted by Gasteiger charge is -2.12. The fourth-order valence-corrected chi connectivity index (χ4v) is 4.35. The zero-order valence-corrected chi connectivity index (χ0v) is 19.8. The molecule has 0 bridgehead atoms. The van der Waals surface area contributed by atoms with Crippen LogP contribution in [0, 0.1) is 20.7 Å². The van der Waals surface area contributed by atoms with Crippen LogP contribution in [0.5, 0.6) is 5.75 Å². The fourth-order valence-electron chi connectivity index (χ4n) is 2.54. The molecule has 3 aromatic carbocycles. The molecule has 28 heavy (non-hydrogen) atoms. The first-order valence-electron chi connectivity index (χ1n) is 8.20. The summed E-state index contributed by atoms with van der Waals surface area (Å²) >= 11 is 9.33. The minimum Gasteiger partial charge on any atom is -0.487 e. The van der Waals surface area contributed by atoms with E-state index in [1.807, 2.05) is 36.4 Å².